The molecule has 0 aliphatic rings. The number of carbonyl (C=O) groups is 1. The summed E-state index contributed by atoms with van der Waals surface area (Å²) < 4.78 is 25.2. The van der Waals surface area contributed by atoms with Crippen LogP contribution in [-0.4, -0.2) is 62.9 Å². The van der Waals surface area contributed by atoms with Gasteiger partial charge in [-0.25, -0.2) is 13.4 Å². The molecule has 0 spiro atoms. The number of halogens is 1. The monoisotopic (exact) mass is 513 g/mol. The fourth-order valence-electron chi connectivity index (χ4n) is 3.36. The Morgan fingerprint density at radius 3 is 2.38 bits per heavy atom. The summed E-state index contributed by atoms with van der Waals surface area (Å²) in [6, 6.07) is 12.6. The maximum atomic E-state index is 13.6. The molecule has 3 aromatic rings. The van der Waals surface area contributed by atoms with E-state index in [4.69, 9.17) is 0 Å². The number of hydrogen-bond donors (Lipinski definition) is 0. The first-order chi connectivity index (χ1) is 14.8. The van der Waals surface area contributed by atoms with Crippen molar-refractivity contribution in [3.8, 4) is 0 Å². The molecule has 0 radical (unpaired) electrons. The molecule has 2 aromatic carbocycles. The Morgan fingerprint density at radius 1 is 1.06 bits per heavy atom. The summed E-state index contributed by atoms with van der Waals surface area (Å²) in [6.07, 6.45) is 3.13. The molecule has 6 nitrogen and oxygen atoms in total. The van der Waals surface area contributed by atoms with Crippen molar-refractivity contribution in [1.82, 2.24) is 9.88 Å². The molecule has 0 atom stereocenters. The second-order valence-corrected chi connectivity index (χ2v) is 10.9. The summed E-state index contributed by atoms with van der Waals surface area (Å²) in [5.41, 5.74) is 1.04. The van der Waals surface area contributed by atoms with Gasteiger partial charge in [-0.05, 0) is 43.6 Å². The van der Waals surface area contributed by atoms with Gasteiger partial charge in [0.15, 0.2) is 15.0 Å². The summed E-state index contributed by atoms with van der Waals surface area (Å²) in [7, 11) is -3.43. The zero-order valence-corrected chi connectivity index (χ0v) is 21.8. The van der Waals surface area contributed by atoms with Crippen molar-refractivity contribution in [2.75, 3.05) is 43.6 Å². The summed E-state index contributed by atoms with van der Waals surface area (Å²) in [6.45, 7) is 7.13. The average Bonchev–Trinajstić information content (AvgIpc) is 3.19. The topological polar surface area (TPSA) is 70.6 Å². The third-order valence-corrected chi connectivity index (χ3v) is 8.09. The highest BCUT2D eigenvalue weighted by Crippen LogP contribution is 2.34. The summed E-state index contributed by atoms with van der Waals surface area (Å²) in [5, 5.41) is 0.513. The second kappa shape index (κ2) is 11.5. The molecule has 0 fully saturated rings. The third kappa shape index (κ3) is 5.82. The Labute approximate surface area is 204 Å². The number of fused-ring (bicyclic) bond motifs is 1. The minimum absolute atomic E-state index is 0. The van der Waals surface area contributed by atoms with E-state index < -0.39 is 9.84 Å². The zero-order chi connectivity index (χ0) is 22.6. The largest absolute Gasteiger partial charge is 0.302 e. The van der Waals surface area contributed by atoms with Gasteiger partial charge in [-0.15, -0.1) is 24.2 Å². The number of aromatic nitrogens is 1. The number of nitrogens with zero attached hydrogens (tertiary/aromatic N) is 3. The molecule has 0 bridgehead atoms. The SMILES string of the molecule is CCN(CC)CCN(C(=O)c1ccccc1SC)c1nc2c(S(C)(=O)=O)cccc2s1.Cl. The minimum Gasteiger partial charge on any atom is -0.302 e. The maximum absolute atomic E-state index is 13.6. The third-order valence-electron chi connectivity index (χ3n) is 5.12. The molecule has 0 aliphatic carbocycles. The van der Waals surface area contributed by atoms with Gasteiger partial charge in [0.05, 0.1) is 15.2 Å². The van der Waals surface area contributed by atoms with Gasteiger partial charge >= 0.3 is 0 Å². The van der Waals surface area contributed by atoms with Crippen molar-refractivity contribution in [3.05, 3.63) is 48.0 Å². The van der Waals surface area contributed by atoms with E-state index in [1.54, 1.807) is 17.0 Å². The predicted molar refractivity (Wildman–Crippen MR) is 138 cm³/mol. The van der Waals surface area contributed by atoms with Crippen LogP contribution in [0.3, 0.4) is 0 Å². The van der Waals surface area contributed by atoms with Crippen LogP contribution in [0.15, 0.2) is 52.3 Å². The van der Waals surface area contributed by atoms with E-state index in [0.717, 1.165) is 22.7 Å². The van der Waals surface area contributed by atoms with Gasteiger partial charge in [-0.3, -0.25) is 9.69 Å². The quantitative estimate of drug-likeness (QED) is 0.381. The van der Waals surface area contributed by atoms with Crippen molar-refractivity contribution < 1.29 is 13.2 Å². The molecule has 1 aromatic heterocycles. The fourth-order valence-corrected chi connectivity index (χ4v) is 5.86. The number of carbonyl (C=O) groups excluding carboxylic acids is 1. The predicted octanol–water partition coefficient (Wildman–Crippen LogP) is 4.83. The standard InChI is InChI=1S/C22H27N3O3S3.ClH/c1-5-24(6-2)14-15-25(21(26)16-10-7-8-11-17(16)29-3)22-23-20-18(30-22)12-9-13-19(20)31(4,27)28;/h7-13H,5-6,14-15H2,1-4H3;1H. The lowest BCUT2D eigenvalue weighted by molar-refractivity contribution is 0.0981. The Balaban J connectivity index is 0.00000363. The summed E-state index contributed by atoms with van der Waals surface area (Å²) >= 11 is 2.87. The Hall–Kier alpha value is -1.65. The highest BCUT2D eigenvalue weighted by molar-refractivity contribution is 7.98. The Kier molecular flexibility index (Phi) is 9.53. The number of thioether (sulfide) groups is 1. The number of anilines is 1. The van der Waals surface area contributed by atoms with Gasteiger partial charge < -0.3 is 4.90 Å². The summed E-state index contributed by atoms with van der Waals surface area (Å²) in [5.74, 6) is -0.128. The first kappa shape index (κ1) is 26.6. The van der Waals surface area contributed by atoms with Gasteiger partial charge in [0.2, 0.25) is 0 Å². The van der Waals surface area contributed by atoms with Crippen LogP contribution < -0.4 is 4.90 Å². The van der Waals surface area contributed by atoms with Crippen molar-refractivity contribution in [2.24, 2.45) is 0 Å². The first-order valence-corrected chi connectivity index (χ1v) is 14.0. The number of rotatable bonds is 9. The van der Waals surface area contributed by atoms with Crippen molar-refractivity contribution in [2.45, 2.75) is 23.6 Å². The number of thiazole rings is 1. The van der Waals surface area contributed by atoms with Crippen LogP contribution in [-0.2, 0) is 9.84 Å². The van der Waals surface area contributed by atoms with Gasteiger partial charge in [0.25, 0.3) is 5.91 Å². The van der Waals surface area contributed by atoms with E-state index in [0.29, 0.717) is 29.3 Å². The average molecular weight is 514 g/mol. The minimum atomic E-state index is -3.43. The molecule has 1 heterocycles. The van der Waals surface area contributed by atoms with E-state index in [1.807, 2.05) is 36.6 Å². The van der Waals surface area contributed by atoms with Crippen LogP contribution in [0, 0.1) is 0 Å². The number of benzene rings is 2. The highest BCUT2D eigenvalue weighted by atomic mass is 35.5. The van der Waals surface area contributed by atoms with E-state index >= 15 is 0 Å². The molecule has 10 heteroatoms. The van der Waals surface area contributed by atoms with Gasteiger partial charge in [-0.1, -0.05) is 43.4 Å². The van der Waals surface area contributed by atoms with Crippen LogP contribution in [0.4, 0.5) is 5.13 Å². The van der Waals surface area contributed by atoms with Gasteiger partial charge in [0.1, 0.15) is 5.52 Å². The lowest BCUT2D eigenvalue weighted by Gasteiger charge is -2.25. The number of para-hydroxylation sites is 1. The summed E-state index contributed by atoms with van der Waals surface area (Å²) in [4.78, 5) is 23.3. The van der Waals surface area contributed by atoms with Crippen LogP contribution in [0.25, 0.3) is 10.2 Å². The van der Waals surface area contributed by atoms with E-state index in [-0.39, 0.29) is 23.2 Å². The van der Waals surface area contributed by atoms with Crippen molar-refractivity contribution in [1.29, 1.82) is 0 Å². The number of amides is 1. The van der Waals surface area contributed by atoms with Crippen LogP contribution in [0.1, 0.15) is 24.2 Å². The second-order valence-electron chi connectivity index (χ2n) is 7.06. The molecule has 1 amide bonds. The van der Waals surface area contributed by atoms with Crippen molar-refractivity contribution in [3.63, 3.8) is 0 Å². The molecule has 3 rings (SSSR count). The van der Waals surface area contributed by atoms with Crippen LogP contribution >= 0.6 is 35.5 Å². The Morgan fingerprint density at radius 2 is 1.75 bits per heavy atom. The first-order valence-electron chi connectivity index (χ1n) is 10.1. The molecule has 0 saturated carbocycles. The zero-order valence-electron chi connectivity index (χ0n) is 18.6. The number of sulfone groups is 1. The Bertz CT molecular complexity index is 1180. The molecule has 0 aliphatic heterocycles. The maximum Gasteiger partial charge on any atom is 0.261 e. The molecular weight excluding hydrogens is 486 g/mol. The van der Waals surface area contributed by atoms with E-state index in [9.17, 15) is 13.2 Å². The van der Waals surface area contributed by atoms with Gasteiger partial charge in [-0.2, -0.15) is 0 Å². The van der Waals surface area contributed by atoms with E-state index in [1.165, 1.54) is 29.4 Å². The molecule has 0 saturated heterocycles. The van der Waals surface area contributed by atoms with Crippen LogP contribution in [0.2, 0.25) is 0 Å². The van der Waals surface area contributed by atoms with Gasteiger partial charge in [0, 0.05) is 24.2 Å². The molecular formula is C22H28ClN3O3S3. The molecule has 32 heavy (non-hydrogen) atoms. The van der Waals surface area contributed by atoms with Crippen molar-refractivity contribution >= 4 is 66.6 Å². The fraction of sp³-hybridized carbons (Fsp3) is 0.364. The normalized spacial score (nSPS) is 11.5. The molecule has 0 unspecified atom stereocenters. The number of likely N-dealkylation sites (N-methyl/N-ethyl adjacent to an activating group) is 1. The lowest BCUT2D eigenvalue weighted by Crippen LogP contribution is -2.39. The molecule has 0 N–H and O–H groups in total. The molecule has 174 valence electrons. The van der Waals surface area contributed by atoms with E-state index in [2.05, 4.69) is 23.7 Å². The smallest absolute Gasteiger partial charge is 0.261 e. The highest BCUT2D eigenvalue weighted by Gasteiger charge is 2.25. The lowest BCUT2D eigenvalue weighted by atomic mass is 10.2. The van der Waals surface area contributed by atoms with Crippen LogP contribution in [0.5, 0.6) is 0 Å². The number of hydrogen-bond acceptors (Lipinski definition) is 7.